The van der Waals surface area contributed by atoms with Gasteiger partial charge in [0.2, 0.25) is 0 Å². The Hall–Kier alpha value is -1.04. The van der Waals surface area contributed by atoms with E-state index in [4.69, 9.17) is 9.15 Å². The summed E-state index contributed by atoms with van der Waals surface area (Å²) in [5.74, 6) is 1.11. The van der Waals surface area contributed by atoms with Crippen LogP contribution in [0.2, 0.25) is 0 Å². The molecule has 1 aliphatic heterocycles. The molecule has 0 spiro atoms. The van der Waals surface area contributed by atoms with Gasteiger partial charge >= 0.3 is 5.97 Å². The number of furan rings is 1. The van der Waals surface area contributed by atoms with Crippen molar-refractivity contribution < 1.29 is 13.9 Å². The molecular formula is C13H21ClN2O3. The molecule has 1 aromatic heterocycles. The molecule has 108 valence electrons. The third kappa shape index (κ3) is 3.72. The Kier molecular flexibility index (Phi) is 5.85. The van der Waals surface area contributed by atoms with Crippen molar-refractivity contribution in [1.29, 1.82) is 0 Å². The molecule has 0 radical (unpaired) electrons. The zero-order valence-electron chi connectivity index (χ0n) is 11.6. The minimum absolute atomic E-state index is 0. The minimum atomic E-state index is -0.337. The van der Waals surface area contributed by atoms with E-state index in [1.54, 1.807) is 13.0 Å². The maximum Gasteiger partial charge on any atom is 0.341 e. The van der Waals surface area contributed by atoms with Gasteiger partial charge in [0.1, 0.15) is 17.1 Å². The lowest BCUT2D eigenvalue weighted by Crippen LogP contribution is -2.49. The van der Waals surface area contributed by atoms with E-state index in [2.05, 4.69) is 17.1 Å². The van der Waals surface area contributed by atoms with E-state index >= 15 is 0 Å². The average Bonchev–Trinajstić information content (AvgIpc) is 2.72. The molecular weight excluding hydrogens is 268 g/mol. The largest absolute Gasteiger partial charge is 0.465 e. The Labute approximate surface area is 119 Å². The fourth-order valence-electron chi connectivity index (χ4n) is 2.25. The number of carbonyl (C=O) groups excluding carboxylic acids is 1. The number of hydrogen-bond acceptors (Lipinski definition) is 5. The van der Waals surface area contributed by atoms with E-state index in [0.717, 1.165) is 31.9 Å². The van der Waals surface area contributed by atoms with Crippen LogP contribution in [0, 0.1) is 6.92 Å². The zero-order chi connectivity index (χ0) is 13.1. The van der Waals surface area contributed by atoms with Crippen LogP contribution in [0.4, 0.5) is 0 Å². The normalized spacial score (nSPS) is 19.8. The number of carbonyl (C=O) groups is 1. The predicted molar refractivity (Wildman–Crippen MR) is 74.8 cm³/mol. The lowest BCUT2D eigenvalue weighted by Gasteiger charge is -2.33. The quantitative estimate of drug-likeness (QED) is 0.856. The number of halogens is 1. The van der Waals surface area contributed by atoms with E-state index in [0.29, 0.717) is 17.4 Å². The molecule has 2 rings (SSSR count). The SMILES string of the molecule is COC(=O)c1cc(CN2CCNC[C@@H]2C)oc1C.Cl. The summed E-state index contributed by atoms with van der Waals surface area (Å²) >= 11 is 0. The minimum Gasteiger partial charge on any atom is -0.465 e. The Balaban J connectivity index is 0.00000180. The molecule has 2 heterocycles. The topological polar surface area (TPSA) is 54.7 Å². The Morgan fingerprint density at radius 3 is 3.00 bits per heavy atom. The lowest BCUT2D eigenvalue weighted by atomic mass is 10.2. The van der Waals surface area contributed by atoms with Crippen LogP contribution in [0.15, 0.2) is 10.5 Å². The van der Waals surface area contributed by atoms with E-state index in [9.17, 15) is 4.79 Å². The Morgan fingerprint density at radius 2 is 2.37 bits per heavy atom. The third-order valence-electron chi connectivity index (χ3n) is 3.37. The van der Waals surface area contributed by atoms with Gasteiger partial charge in [0, 0.05) is 25.7 Å². The summed E-state index contributed by atoms with van der Waals surface area (Å²) in [7, 11) is 1.38. The summed E-state index contributed by atoms with van der Waals surface area (Å²) < 4.78 is 10.3. The zero-order valence-corrected chi connectivity index (χ0v) is 12.4. The molecule has 0 amide bonds. The van der Waals surface area contributed by atoms with Crippen LogP contribution in [0.5, 0.6) is 0 Å². The van der Waals surface area contributed by atoms with Crippen LogP contribution in [-0.2, 0) is 11.3 Å². The molecule has 6 heteroatoms. The molecule has 19 heavy (non-hydrogen) atoms. The fourth-order valence-corrected chi connectivity index (χ4v) is 2.25. The highest BCUT2D eigenvalue weighted by molar-refractivity contribution is 5.90. The highest BCUT2D eigenvalue weighted by Gasteiger charge is 2.21. The van der Waals surface area contributed by atoms with E-state index in [1.807, 2.05) is 0 Å². The van der Waals surface area contributed by atoms with Crippen LogP contribution in [0.1, 0.15) is 28.8 Å². The number of methoxy groups -OCH3 is 1. The number of piperazine rings is 1. The molecule has 1 atom stereocenters. The molecule has 1 aromatic rings. The van der Waals surface area contributed by atoms with E-state index < -0.39 is 0 Å². The van der Waals surface area contributed by atoms with Crippen LogP contribution in [0.25, 0.3) is 0 Å². The van der Waals surface area contributed by atoms with Gasteiger partial charge in [0.15, 0.2) is 0 Å². The highest BCUT2D eigenvalue weighted by atomic mass is 35.5. The molecule has 1 N–H and O–H groups in total. The van der Waals surface area contributed by atoms with Gasteiger partial charge in [-0.3, -0.25) is 4.90 Å². The summed E-state index contributed by atoms with van der Waals surface area (Å²) in [5, 5.41) is 3.35. The molecule has 0 bridgehead atoms. The number of rotatable bonds is 3. The van der Waals surface area contributed by atoms with Gasteiger partial charge in [-0.2, -0.15) is 0 Å². The van der Waals surface area contributed by atoms with Crippen molar-refractivity contribution in [3.8, 4) is 0 Å². The lowest BCUT2D eigenvalue weighted by molar-refractivity contribution is 0.0599. The van der Waals surface area contributed by atoms with Crippen molar-refractivity contribution in [3.63, 3.8) is 0 Å². The first kappa shape index (κ1) is 16.0. The summed E-state index contributed by atoms with van der Waals surface area (Å²) in [6.07, 6.45) is 0. The summed E-state index contributed by atoms with van der Waals surface area (Å²) in [6, 6.07) is 2.27. The molecule has 0 aromatic carbocycles. The fraction of sp³-hybridized carbons (Fsp3) is 0.615. The first-order valence-electron chi connectivity index (χ1n) is 6.24. The van der Waals surface area contributed by atoms with Gasteiger partial charge in [-0.05, 0) is 19.9 Å². The predicted octanol–water partition coefficient (Wildman–Crippen LogP) is 1.59. The maximum atomic E-state index is 11.5. The smallest absolute Gasteiger partial charge is 0.341 e. The number of nitrogens with one attached hydrogen (secondary N) is 1. The van der Waals surface area contributed by atoms with Gasteiger partial charge in [-0.15, -0.1) is 12.4 Å². The number of esters is 1. The van der Waals surface area contributed by atoms with Crippen LogP contribution in [-0.4, -0.2) is 43.7 Å². The Morgan fingerprint density at radius 1 is 1.63 bits per heavy atom. The molecule has 1 fully saturated rings. The standard InChI is InChI=1S/C13H20N2O3.ClH/c1-9-7-14-4-5-15(9)8-11-6-12(10(2)18-11)13(16)17-3;/h6,9,14H,4-5,7-8H2,1-3H3;1H/t9-;/m0./s1. The van der Waals surface area contributed by atoms with E-state index in [-0.39, 0.29) is 18.4 Å². The number of aryl methyl sites for hydroxylation is 1. The van der Waals surface area contributed by atoms with Crippen molar-refractivity contribution in [2.45, 2.75) is 26.4 Å². The van der Waals surface area contributed by atoms with Gasteiger partial charge in [0.05, 0.1) is 13.7 Å². The maximum absolute atomic E-state index is 11.5. The van der Waals surface area contributed by atoms with Crippen molar-refractivity contribution in [1.82, 2.24) is 10.2 Å². The average molecular weight is 289 g/mol. The van der Waals surface area contributed by atoms with Gasteiger partial charge < -0.3 is 14.5 Å². The van der Waals surface area contributed by atoms with Crippen LogP contribution >= 0.6 is 12.4 Å². The van der Waals surface area contributed by atoms with Crippen molar-refractivity contribution in [3.05, 3.63) is 23.2 Å². The first-order chi connectivity index (χ1) is 8.61. The molecule has 0 aliphatic carbocycles. The number of hydrogen-bond donors (Lipinski definition) is 1. The number of ether oxygens (including phenoxy) is 1. The van der Waals surface area contributed by atoms with Crippen molar-refractivity contribution >= 4 is 18.4 Å². The molecule has 1 aliphatic rings. The molecule has 5 nitrogen and oxygen atoms in total. The second-order valence-corrected chi connectivity index (χ2v) is 4.70. The summed E-state index contributed by atoms with van der Waals surface area (Å²) in [5.41, 5.74) is 0.523. The highest BCUT2D eigenvalue weighted by Crippen LogP contribution is 2.18. The van der Waals surface area contributed by atoms with E-state index in [1.165, 1.54) is 7.11 Å². The molecule has 0 unspecified atom stereocenters. The summed E-state index contributed by atoms with van der Waals surface area (Å²) in [4.78, 5) is 13.8. The number of nitrogens with zero attached hydrogens (tertiary/aromatic N) is 1. The van der Waals surface area contributed by atoms with Gasteiger partial charge in [-0.25, -0.2) is 4.79 Å². The summed E-state index contributed by atoms with van der Waals surface area (Å²) in [6.45, 7) is 7.69. The van der Waals surface area contributed by atoms with Gasteiger partial charge in [0.25, 0.3) is 0 Å². The first-order valence-corrected chi connectivity index (χ1v) is 6.24. The monoisotopic (exact) mass is 288 g/mol. The molecule has 1 saturated heterocycles. The second kappa shape index (κ2) is 6.93. The van der Waals surface area contributed by atoms with Crippen molar-refractivity contribution in [2.24, 2.45) is 0 Å². The second-order valence-electron chi connectivity index (χ2n) is 4.70. The van der Waals surface area contributed by atoms with Crippen LogP contribution < -0.4 is 5.32 Å². The van der Waals surface area contributed by atoms with Gasteiger partial charge in [-0.1, -0.05) is 0 Å². The molecule has 0 saturated carbocycles. The van der Waals surface area contributed by atoms with Crippen molar-refractivity contribution in [2.75, 3.05) is 26.7 Å². The third-order valence-corrected chi connectivity index (χ3v) is 3.37. The van der Waals surface area contributed by atoms with Crippen LogP contribution in [0.3, 0.4) is 0 Å². The Bertz CT molecular complexity index is 434.